The molecule has 1 N–H and O–H groups in total. The molecule has 0 fully saturated rings. The summed E-state index contributed by atoms with van der Waals surface area (Å²) in [5.41, 5.74) is 0.410. The van der Waals surface area contributed by atoms with Crippen molar-refractivity contribution in [3.8, 4) is 5.75 Å². The number of benzene rings is 2. The monoisotopic (exact) mass is 328 g/mol. The van der Waals surface area contributed by atoms with E-state index < -0.39 is 11.6 Å². The summed E-state index contributed by atoms with van der Waals surface area (Å²) in [7, 11) is 0. The van der Waals surface area contributed by atoms with Gasteiger partial charge in [-0.05, 0) is 34.1 Å². The van der Waals surface area contributed by atoms with E-state index in [-0.39, 0.29) is 18.8 Å². The molecule has 0 amide bonds. The van der Waals surface area contributed by atoms with E-state index in [0.29, 0.717) is 15.8 Å². The number of hydrogen-bond acceptors (Lipinski definition) is 2. The number of aliphatic hydroxyl groups is 1. The lowest BCUT2D eigenvalue weighted by Crippen LogP contribution is -2.04. The van der Waals surface area contributed by atoms with Crippen LogP contribution in [0, 0.1) is 11.6 Å². The molecule has 2 aromatic rings. The van der Waals surface area contributed by atoms with Crippen LogP contribution in [0.25, 0.3) is 0 Å². The van der Waals surface area contributed by atoms with E-state index >= 15 is 0 Å². The second-order valence-electron chi connectivity index (χ2n) is 3.88. The zero-order valence-electron chi connectivity index (χ0n) is 9.87. The summed E-state index contributed by atoms with van der Waals surface area (Å²) in [5.74, 6) is -0.928. The van der Waals surface area contributed by atoms with Crippen molar-refractivity contribution < 1.29 is 18.6 Å². The van der Waals surface area contributed by atoms with Gasteiger partial charge in [-0.15, -0.1) is 0 Å². The maximum absolute atomic E-state index is 13.5. The first-order valence-corrected chi connectivity index (χ1v) is 6.36. The lowest BCUT2D eigenvalue weighted by molar-refractivity contribution is 0.254. The van der Waals surface area contributed by atoms with Crippen LogP contribution in [0.1, 0.15) is 11.1 Å². The zero-order chi connectivity index (χ0) is 13.8. The Balaban J connectivity index is 2.24. The van der Waals surface area contributed by atoms with Crippen LogP contribution in [0.15, 0.2) is 40.9 Å². The minimum Gasteiger partial charge on any atom is -0.487 e. The van der Waals surface area contributed by atoms with E-state index in [2.05, 4.69) is 15.9 Å². The van der Waals surface area contributed by atoms with E-state index in [1.165, 1.54) is 18.2 Å². The summed E-state index contributed by atoms with van der Waals surface area (Å²) in [6.07, 6.45) is 0. The molecule has 2 rings (SSSR count). The quantitative estimate of drug-likeness (QED) is 0.925. The zero-order valence-corrected chi connectivity index (χ0v) is 11.5. The average molecular weight is 329 g/mol. The molecule has 0 atom stereocenters. The van der Waals surface area contributed by atoms with Gasteiger partial charge in [0.05, 0.1) is 16.6 Å². The summed E-state index contributed by atoms with van der Waals surface area (Å²) in [4.78, 5) is 0. The van der Waals surface area contributed by atoms with Crippen LogP contribution in [-0.2, 0) is 13.2 Å². The van der Waals surface area contributed by atoms with Gasteiger partial charge in [0.1, 0.15) is 24.0 Å². The lowest BCUT2D eigenvalue weighted by Gasteiger charge is -2.12. The minimum atomic E-state index is -0.655. The van der Waals surface area contributed by atoms with Crippen molar-refractivity contribution in [3.05, 3.63) is 63.6 Å². The molecule has 0 aromatic heterocycles. The van der Waals surface area contributed by atoms with Crippen molar-refractivity contribution >= 4 is 15.9 Å². The van der Waals surface area contributed by atoms with Gasteiger partial charge in [0.2, 0.25) is 0 Å². The summed E-state index contributed by atoms with van der Waals surface area (Å²) in [5, 5.41) is 9.20. The number of para-hydroxylation sites is 1. The highest BCUT2D eigenvalue weighted by molar-refractivity contribution is 9.10. The van der Waals surface area contributed by atoms with Crippen LogP contribution in [0.3, 0.4) is 0 Å². The number of rotatable bonds is 4. The summed E-state index contributed by atoms with van der Waals surface area (Å²) in [6.45, 7) is -0.456. The fourth-order valence-corrected chi connectivity index (χ4v) is 2.18. The van der Waals surface area contributed by atoms with Gasteiger partial charge in [-0.2, -0.15) is 0 Å². The Morgan fingerprint density at radius 3 is 2.32 bits per heavy atom. The predicted molar refractivity (Wildman–Crippen MR) is 70.8 cm³/mol. The number of ether oxygens (including phenoxy) is 1. The highest BCUT2D eigenvalue weighted by Gasteiger charge is 2.12. The summed E-state index contributed by atoms with van der Waals surface area (Å²) in [6, 6.07) is 8.80. The van der Waals surface area contributed by atoms with Gasteiger partial charge in [0, 0.05) is 5.56 Å². The SMILES string of the molecule is OCc1cccc(Br)c1OCc1c(F)cccc1F. The van der Waals surface area contributed by atoms with Gasteiger partial charge in [0.15, 0.2) is 0 Å². The topological polar surface area (TPSA) is 29.5 Å². The molecule has 0 saturated carbocycles. The Hall–Kier alpha value is -1.46. The van der Waals surface area contributed by atoms with Crippen LogP contribution >= 0.6 is 15.9 Å². The second-order valence-corrected chi connectivity index (χ2v) is 4.73. The van der Waals surface area contributed by atoms with E-state index in [4.69, 9.17) is 4.74 Å². The highest BCUT2D eigenvalue weighted by Crippen LogP contribution is 2.30. The Morgan fingerprint density at radius 2 is 1.68 bits per heavy atom. The third-order valence-electron chi connectivity index (χ3n) is 2.64. The second kappa shape index (κ2) is 6.12. The van der Waals surface area contributed by atoms with Gasteiger partial charge in [-0.1, -0.05) is 18.2 Å². The van der Waals surface area contributed by atoms with Crippen molar-refractivity contribution in [1.29, 1.82) is 0 Å². The smallest absolute Gasteiger partial charge is 0.139 e. The molecule has 0 aliphatic heterocycles. The molecule has 0 aliphatic rings. The molecule has 19 heavy (non-hydrogen) atoms. The highest BCUT2D eigenvalue weighted by atomic mass is 79.9. The predicted octanol–water partition coefficient (Wildman–Crippen LogP) is 3.80. The number of hydrogen-bond donors (Lipinski definition) is 1. The molecule has 5 heteroatoms. The largest absolute Gasteiger partial charge is 0.487 e. The maximum atomic E-state index is 13.5. The summed E-state index contributed by atoms with van der Waals surface area (Å²) >= 11 is 3.27. The fraction of sp³-hybridized carbons (Fsp3) is 0.143. The number of aliphatic hydroxyl groups excluding tert-OH is 1. The van der Waals surface area contributed by atoms with Crippen LogP contribution in [0.4, 0.5) is 8.78 Å². The third-order valence-corrected chi connectivity index (χ3v) is 3.27. The van der Waals surface area contributed by atoms with Gasteiger partial charge in [0.25, 0.3) is 0 Å². The Bertz CT molecular complexity index is 567. The molecular weight excluding hydrogens is 318 g/mol. The first kappa shape index (κ1) is 14.0. The Morgan fingerprint density at radius 1 is 1.05 bits per heavy atom. The Kier molecular flexibility index (Phi) is 4.50. The van der Waals surface area contributed by atoms with Crippen molar-refractivity contribution in [2.24, 2.45) is 0 Å². The van der Waals surface area contributed by atoms with Crippen LogP contribution in [0.5, 0.6) is 5.75 Å². The molecule has 0 heterocycles. The molecule has 0 saturated heterocycles. The van der Waals surface area contributed by atoms with Gasteiger partial charge in [-0.3, -0.25) is 0 Å². The van der Waals surface area contributed by atoms with Crippen LogP contribution < -0.4 is 4.74 Å². The average Bonchev–Trinajstić information content (AvgIpc) is 2.39. The van der Waals surface area contributed by atoms with Gasteiger partial charge < -0.3 is 9.84 Å². The normalized spacial score (nSPS) is 10.5. The van der Waals surface area contributed by atoms with Crippen LogP contribution in [0.2, 0.25) is 0 Å². The van der Waals surface area contributed by atoms with E-state index in [0.717, 1.165) is 0 Å². The van der Waals surface area contributed by atoms with Gasteiger partial charge in [-0.25, -0.2) is 8.78 Å². The molecule has 0 bridgehead atoms. The third kappa shape index (κ3) is 3.11. The van der Waals surface area contributed by atoms with Crippen molar-refractivity contribution in [1.82, 2.24) is 0 Å². The van der Waals surface area contributed by atoms with Crippen molar-refractivity contribution in [3.63, 3.8) is 0 Å². The molecule has 0 spiro atoms. The van der Waals surface area contributed by atoms with Crippen molar-refractivity contribution in [2.45, 2.75) is 13.2 Å². The first-order chi connectivity index (χ1) is 9.13. The van der Waals surface area contributed by atoms with E-state index in [9.17, 15) is 13.9 Å². The molecule has 0 aliphatic carbocycles. The standard InChI is InChI=1S/C14H11BrF2O2/c15-11-4-1-3-9(7-18)14(11)19-8-10-12(16)5-2-6-13(10)17/h1-6,18H,7-8H2. The number of halogens is 3. The fourth-order valence-electron chi connectivity index (χ4n) is 1.65. The molecule has 0 unspecified atom stereocenters. The molecule has 2 aromatic carbocycles. The Labute approximate surface area is 117 Å². The maximum Gasteiger partial charge on any atom is 0.139 e. The van der Waals surface area contributed by atoms with E-state index in [1.807, 2.05) is 0 Å². The van der Waals surface area contributed by atoms with Gasteiger partial charge >= 0.3 is 0 Å². The van der Waals surface area contributed by atoms with Crippen molar-refractivity contribution in [2.75, 3.05) is 0 Å². The van der Waals surface area contributed by atoms with E-state index in [1.54, 1.807) is 18.2 Å². The minimum absolute atomic E-state index is 0.137. The van der Waals surface area contributed by atoms with Crippen LogP contribution in [-0.4, -0.2) is 5.11 Å². The summed E-state index contributed by atoms with van der Waals surface area (Å²) < 4.78 is 33.0. The first-order valence-electron chi connectivity index (χ1n) is 5.57. The molecular formula is C14H11BrF2O2. The molecule has 100 valence electrons. The molecule has 2 nitrogen and oxygen atoms in total. The molecule has 0 radical (unpaired) electrons. The lowest BCUT2D eigenvalue weighted by atomic mass is 10.2.